The summed E-state index contributed by atoms with van der Waals surface area (Å²) in [5.41, 5.74) is 2.36. The Morgan fingerprint density at radius 3 is 2.30 bits per heavy atom. The Hall–Kier alpha value is -2.67. The Morgan fingerprint density at radius 2 is 1.67 bits per heavy atom. The fourth-order valence-corrected chi connectivity index (χ4v) is 3.72. The first-order chi connectivity index (χ1) is 14.3. The molecule has 0 radical (unpaired) electrons. The van der Waals surface area contributed by atoms with Crippen molar-refractivity contribution in [2.75, 3.05) is 18.4 Å². The van der Waals surface area contributed by atoms with Gasteiger partial charge in [-0.05, 0) is 55.3 Å². The Balaban J connectivity index is 0.00000256. The van der Waals surface area contributed by atoms with Crippen molar-refractivity contribution in [3.05, 3.63) is 84.2 Å². The van der Waals surface area contributed by atoms with Gasteiger partial charge in [-0.25, -0.2) is 0 Å². The largest absolute Gasteiger partial charge is 0.372 e. The van der Waals surface area contributed by atoms with Crippen LogP contribution in [0, 0.1) is 0 Å². The summed E-state index contributed by atoms with van der Waals surface area (Å²) < 4.78 is 7.58. The summed E-state index contributed by atoms with van der Waals surface area (Å²) in [6.45, 7) is 2.71. The van der Waals surface area contributed by atoms with Gasteiger partial charge in [-0.1, -0.05) is 42.5 Å². The molecule has 30 heavy (non-hydrogen) atoms. The molecule has 1 saturated heterocycles. The smallest absolute Gasteiger partial charge is 0.252 e. The summed E-state index contributed by atoms with van der Waals surface area (Å²) >= 11 is 0. The predicted molar refractivity (Wildman–Crippen MR) is 120 cm³/mol. The molecule has 1 aliphatic heterocycles. The number of rotatable bonds is 7. The van der Waals surface area contributed by atoms with Crippen molar-refractivity contribution in [2.45, 2.75) is 31.6 Å². The second-order valence-corrected chi connectivity index (χ2v) is 7.36. The molecule has 2 N–H and O–H groups in total. The number of nitrogens with one attached hydrogen (secondary N) is 2. The predicted octanol–water partition coefficient (Wildman–Crippen LogP) is 3.74. The van der Waals surface area contributed by atoms with E-state index in [1.807, 2.05) is 54.7 Å². The fraction of sp³-hybridized carbons (Fsp3) is 0.304. The van der Waals surface area contributed by atoms with Gasteiger partial charge in [0.05, 0.1) is 13.2 Å². The first kappa shape index (κ1) is 22.0. The van der Waals surface area contributed by atoms with Crippen LogP contribution in [0.4, 0.5) is 5.69 Å². The van der Waals surface area contributed by atoms with E-state index in [1.54, 1.807) is 10.9 Å². The van der Waals surface area contributed by atoms with E-state index in [-0.39, 0.29) is 18.3 Å². The molecular formula is C23H27ClN4O2. The average Bonchev–Trinajstić information content (AvgIpc) is 3.32. The van der Waals surface area contributed by atoms with Crippen molar-refractivity contribution in [3.63, 3.8) is 0 Å². The molecule has 1 aliphatic rings. The normalized spacial score (nSPS) is 15.2. The van der Waals surface area contributed by atoms with Crippen LogP contribution in [0.3, 0.4) is 0 Å². The van der Waals surface area contributed by atoms with E-state index in [0.29, 0.717) is 26.1 Å². The third kappa shape index (κ3) is 5.08. The van der Waals surface area contributed by atoms with Crippen molar-refractivity contribution < 1.29 is 9.53 Å². The fourth-order valence-electron chi connectivity index (χ4n) is 3.72. The van der Waals surface area contributed by atoms with Crippen LogP contribution in [0.15, 0.2) is 73.1 Å². The van der Waals surface area contributed by atoms with E-state index in [4.69, 9.17) is 4.74 Å². The lowest BCUT2D eigenvalue weighted by molar-refractivity contribution is -0.126. The van der Waals surface area contributed by atoms with Crippen LogP contribution in [-0.4, -0.2) is 28.8 Å². The molecule has 0 aliphatic carbocycles. The van der Waals surface area contributed by atoms with Crippen LogP contribution in [-0.2, 0) is 28.3 Å². The first-order valence-corrected chi connectivity index (χ1v) is 9.99. The molecule has 0 atom stereocenters. The number of hydrogen-bond acceptors (Lipinski definition) is 4. The number of anilines is 1. The molecule has 6 nitrogen and oxygen atoms in total. The molecule has 0 unspecified atom stereocenters. The Kier molecular flexibility index (Phi) is 7.63. The van der Waals surface area contributed by atoms with Gasteiger partial charge in [-0.2, -0.15) is 5.10 Å². The minimum Gasteiger partial charge on any atom is -0.372 e. The summed E-state index contributed by atoms with van der Waals surface area (Å²) in [5, 5.41) is 10.8. The summed E-state index contributed by atoms with van der Waals surface area (Å²) in [7, 11) is 0. The molecule has 0 spiro atoms. The average molecular weight is 427 g/mol. The number of hydrogen-bond donors (Lipinski definition) is 2. The topological polar surface area (TPSA) is 68.2 Å². The third-order valence-electron chi connectivity index (χ3n) is 5.39. The maximum absolute atomic E-state index is 13.2. The third-order valence-corrected chi connectivity index (χ3v) is 5.39. The highest BCUT2D eigenvalue weighted by molar-refractivity contribution is 5.96. The number of piperidine rings is 1. The number of ether oxygens (including phenoxy) is 1. The van der Waals surface area contributed by atoms with Gasteiger partial charge in [-0.15, -0.1) is 12.4 Å². The van der Waals surface area contributed by atoms with Gasteiger partial charge in [0.1, 0.15) is 5.54 Å². The van der Waals surface area contributed by atoms with E-state index in [9.17, 15) is 4.79 Å². The number of aromatic nitrogens is 2. The molecule has 0 bridgehead atoms. The van der Waals surface area contributed by atoms with Crippen LogP contribution < -0.4 is 10.6 Å². The second kappa shape index (κ2) is 10.4. The van der Waals surface area contributed by atoms with Gasteiger partial charge < -0.3 is 15.4 Å². The highest BCUT2D eigenvalue weighted by Crippen LogP contribution is 2.28. The number of carbonyl (C=O) groups is 1. The zero-order chi connectivity index (χ0) is 19.9. The number of nitrogens with zero attached hydrogens (tertiary/aromatic N) is 2. The van der Waals surface area contributed by atoms with Crippen molar-refractivity contribution in [3.8, 4) is 0 Å². The second-order valence-electron chi connectivity index (χ2n) is 7.36. The zero-order valence-corrected chi connectivity index (χ0v) is 17.6. The minimum absolute atomic E-state index is 0. The van der Waals surface area contributed by atoms with Crippen LogP contribution in [0.2, 0.25) is 0 Å². The van der Waals surface area contributed by atoms with Crippen molar-refractivity contribution in [1.82, 2.24) is 15.1 Å². The zero-order valence-electron chi connectivity index (χ0n) is 16.8. The standard InChI is InChI=1S/C23H26N4O2.ClH/c28-22(23(11-14-24-15-12-23)27-16-4-13-25-27)26-21-9-7-20(8-10-21)18-29-17-19-5-2-1-3-6-19;/h1-10,13,16,24H,11-12,14-15,17-18H2,(H,26,28);1H. The van der Waals surface area contributed by atoms with Gasteiger partial charge in [0, 0.05) is 18.1 Å². The van der Waals surface area contributed by atoms with Crippen LogP contribution in [0.1, 0.15) is 24.0 Å². The maximum atomic E-state index is 13.2. The Bertz CT molecular complexity index is 908. The van der Waals surface area contributed by atoms with Crippen molar-refractivity contribution in [1.29, 1.82) is 0 Å². The van der Waals surface area contributed by atoms with Crippen molar-refractivity contribution >= 4 is 24.0 Å². The molecule has 1 fully saturated rings. The molecule has 2 heterocycles. The molecule has 0 saturated carbocycles. The number of halogens is 1. The summed E-state index contributed by atoms with van der Waals surface area (Å²) in [6.07, 6.45) is 5.03. The monoisotopic (exact) mass is 426 g/mol. The molecule has 4 rings (SSSR count). The quantitative estimate of drug-likeness (QED) is 0.604. The number of carbonyl (C=O) groups excluding carboxylic acids is 1. The van der Waals surface area contributed by atoms with E-state index >= 15 is 0 Å². The van der Waals surface area contributed by atoms with E-state index in [0.717, 1.165) is 29.9 Å². The molecule has 2 aromatic carbocycles. The van der Waals surface area contributed by atoms with Gasteiger partial charge in [0.2, 0.25) is 0 Å². The highest BCUT2D eigenvalue weighted by atomic mass is 35.5. The van der Waals surface area contributed by atoms with Gasteiger partial charge >= 0.3 is 0 Å². The van der Waals surface area contributed by atoms with Gasteiger partial charge in [-0.3, -0.25) is 9.48 Å². The van der Waals surface area contributed by atoms with Crippen LogP contribution in [0.25, 0.3) is 0 Å². The molecule has 158 valence electrons. The lowest BCUT2D eigenvalue weighted by Crippen LogP contribution is -2.52. The minimum atomic E-state index is -0.647. The van der Waals surface area contributed by atoms with Gasteiger partial charge in [0.25, 0.3) is 5.91 Å². The van der Waals surface area contributed by atoms with Crippen LogP contribution in [0.5, 0.6) is 0 Å². The first-order valence-electron chi connectivity index (χ1n) is 9.99. The van der Waals surface area contributed by atoms with Crippen LogP contribution >= 0.6 is 12.4 Å². The lowest BCUT2D eigenvalue weighted by atomic mass is 9.87. The molecular weight excluding hydrogens is 400 g/mol. The molecule has 7 heteroatoms. The van der Waals surface area contributed by atoms with Crippen molar-refractivity contribution in [2.24, 2.45) is 0 Å². The van der Waals surface area contributed by atoms with E-state index in [2.05, 4.69) is 27.9 Å². The summed E-state index contributed by atoms with van der Waals surface area (Å²) in [6, 6.07) is 19.8. The summed E-state index contributed by atoms with van der Waals surface area (Å²) in [4.78, 5) is 13.2. The molecule has 3 aromatic rings. The van der Waals surface area contributed by atoms with E-state index < -0.39 is 5.54 Å². The lowest BCUT2D eigenvalue weighted by Gasteiger charge is -2.36. The SMILES string of the molecule is Cl.O=C(Nc1ccc(COCc2ccccc2)cc1)C1(n2cccn2)CCNCC1. The molecule has 1 aromatic heterocycles. The van der Waals surface area contributed by atoms with Gasteiger partial charge in [0.15, 0.2) is 0 Å². The Morgan fingerprint density at radius 1 is 1.00 bits per heavy atom. The number of benzene rings is 2. The molecule has 1 amide bonds. The Labute approximate surface area is 183 Å². The summed E-state index contributed by atoms with van der Waals surface area (Å²) in [5.74, 6) is -0.0178. The van der Waals surface area contributed by atoms with E-state index in [1.165, 1.54) is 0 Å². The highest BCUT2D eigenvalue weighted by Gasteiger charge is 2.42. The maximum Gasteiger partial charge on any atom is 0.252 e. The number of amides is 1.